The fraction of sp³-hybridized carbons (Fsp3) is 0.167. The molecule has 0 fully saturated rings. The average Bonchev–Trinajstić information content (AvgIpc) is 3.10. The molecule has 1 atom stereocenters. The van der Waals surface area contributed by atoms with Crippen molar-refractivity contribution in [3.63, 3.8) is 0 Å². The van der Waals surface area contributed by atoms with Gasteiger partial charge in [0.2, 0.25) is 5.91 Å². The smallest absolute Gasteiger partial charge is 0.259 e. The van der Waals surface area contributed by atoms with Gasteiger partial charge in [0.15, 0.2) is 0 Å². The molecule has 0 aromatic heterocycles. The summed E-state index contributed by atoms with van der Waals surface area (Å²) < 4.78 is 0. The van der Waals surface area contributed by atoms with Crippen molar-refractivity contribution < 1.29 is 9.59 Å². The van der Waals surface area contributed by atoms with Gasteiger partial charge in [0.25, 0.3) is 5.91 Å². The number of fused-ring (bicyclic) bond motifs is 1. The Morgan fingerprint density at radius 3 is 2.39 bits per heavy atom. The lowest BCUT2D eigenvalue weighted by atomic mass is 10.1. The van der Waals surface area contributed by atoms with Gasteiger partial charge in [-0.25, -0.2) is 0 Å². The monoisotopic (exact) mass is 370 g/mol. The van der Waals surface area contributed by atoms with Gasteiger partial charge in [-0.2, -0.15) is 0 Å². The highest BCUT2D eigenvalue weighted by Crippen LogP contribution is 2.34. The van der Waals surface area contributed by atoms with Crippen LogP contribution in [0.15, 0.2) is 72.8 Å². The maximum Gasteiger partial charge on any atom is 0.259 e. The zero-order valence-corrected chi connectivity index (χ0v) is 16.0. The van der Waals surface area contributed by atoms with Crippen molar-refractivity contribution in [2.24, 2.45) is 0 Å². The molecular formula is C24H22N2O2. The molecule has 3 aromatic carbocycles. The first-order valence-electron chi connectivity index (χ1n) is 9.39. The summed E-state index contributed by atoms with van der Waals surface area (Å²) in [5, 5.41) is 3.02. The van der Waals surface area contributed by atoms with Gasteiger partial charge in [0, 0.05) is 23.4 Å². The molecule has 2 amide bonds. The summed E-state index contributed by atoms with van der Waals surface area (Å²) in [5.41, 5.74) is 5.31. The Morgan fingerprint density at radius 1 is 0.929 bits per heavy atom. The van der Waals surface area contributed by atoms with E-state index in [2.05, 4.69) is 5.32 Å². The van der Waals surface area contributed by atoms with E-state index < -0.39 is 6.04 Å². The van der Waals surface area contributed by atoms with Gasteiger partial charge in [-0.1, -0.05) is 54.1 Å². The van der Waals surface area contributed by atoms with E-state index >= 15 is 0 Å². The molecular weight excluding hydrogens is 348 g/mol. The van der Waals surface area contributed by atoms with Crippen LogP contribution in [0.2, 0.25) is 0 Å². The number of rotatable bonds is 3. The van der Waals surface area contributed by atoms with Crippen molar-refractivity contribution in [3.8, 4) is 0 Å². The number of aryl methyl sites for hydroxylation is 2. The van der Waals surface area contributed by atoms with Crippen molar-refractivity contribution >= 4 is 23.2 Å². The number of benzene rings is 3. The van der Waals surface area contributed by atoms with Crippen LogP contribution in [0.5, 0.6) is 0 Å². The summed E-state index contributed by atoms with van der Waals surface area (Å²) >= 11 is 0. The van der Waals surface area contributed by atoms with E-state index in [0.717, 1.165) is 28.1 Å². The minimum atomic E-state index is -0.578. The van der Waals surface area contributed by atoms with Gasteiger partial charge in [-0.15, -0.1) is 0 Å². The second-order valence-corrected chi connectivity index (χ2v) is 7.20. The van der Waals surface area contributed by atoms with Crippen molar-refractivity contribution in [1.29, 1.82) is 0 Å². The first-order valence-corrected chi connectivity index (χ1v) is 9.39. The Hall–Kier alpha value is -3.40. The molecule has 1 heterocycles. The molecule has 4 heteroatoms. The topological polar surface area (TPSA) is 49.4 Å². The zero-order valence-electron chi connectivity index (χ0n) is 16.0. The Labute approximate surface area is 164 Å². The third-order valence-electron chi connectivity index (χ3n) is 5.16. The minimum absolute atomic E-state index is 0.161. The van der Waals surface area contributed by atoms with Crippen LogP contribution in [0.25, 0.3) is 0 Å². The van der Waals surface area contributed by atoms with Crippen LogP contribution in [-0.2, 0) is 11.2 Å². The summed E-state index contributed by atoms with van der Waals surface area (Å²) in [6.45, 7) is 3.99. The molecule has 0 aliphatic carbocycles. The maximum absolute atomic E-state index is 13.2. The van der Waals surface area contributed by atoms with Crippen LogP contribution in [-0.4, -0.2) is 17.9 Å². The standard InChI is InChI=1S/C24H22N2O2/c1-16-12-13-20(17(2)14-16)25-23(27)22-15-19-10-6-7-11-21(19)26(22)24(28)18-8-4-3-5-9-18/h3-14,22H,15H2,1-2H3,(H,25,27). The molecule has 0 saturated heterocycles. The number of amides is 2. The van der Waals surface area contributed by atoms with Crippen molar-refractivity contribution in [3.05, 3.63) is 95.1 Å². The number of nitrogens with zero attached hydrogens (tertiary/aromatic N) is 1. The molecule has 3 aromatic rings. The van der Waals surface area contributed by atoms with E-state index in [0.29, 0.717) is 12.0 Å². The molecule has 4 rings (SSSR count). The highest BCUT2D eigenvalue weighted by atomic mass is 16.2. The Kier molecular flexibility index (Phi) is 4.70. The third-order valence-corrected chi connectivity index (χ3v) is 5.16. The first kappa shape index (κ1) is 18.0. The molecule has 0 radical (unpaired) electrons. The van der Waals surface area contributed by atoms with Gasteiger partial charge in [-0.3, -0.25) is 14.5 Å². The fourth-order valence-corrected chi connectivity index (χ4v) is 3.74. The average molecular weight is 370 g/mol. The number of hydrogen-bond acceptors (Lipinski definition) is 2. The maximum atomic E-state index is 13.2. The number of hydrogen-bond donors (Lipinski definition) is 1. The van der Waals surface area contributed by atoms with Crippen LogP contribution in [0, 0.1) is 13.8 Å². The predicted molar refractivity (Wildman–Crippen MR) is 112 cm³/mol. The van der Waals surface area contributed by atoms with Gasteiger partial charge in [-0.05, 0) is 49.2 Å². The molecule has 1 aliphatic rings. The molecule has 4 nitrogen and oxygen atoms in total. The number of anilines is 2. The molecule has 28 heavy (non-hydrogen) atoms. The summed E-state index contributed by atoms with van der Waals surface area (Å²) in [5.74, 6) is -0.334. The second-order valence-electron chi connectivity index (χ2n) is 7.20. The van der Waals surface area contributed by atoms with E-state index in [9.17, 15) is 9.59 Å². The van der Waals surface area contributed by atoms with Crippen LogP contribution in [0.4, 0.5) is 11.4 Å². The van der Waals surface area contributed by atoms with E-state index in [4.69, 9.17) is 0 Å². The van der Waals surface area contributed by atoms with Crippen molar-refractivity contribution in [2.75, 3.05) is 10.2 Å². The zero-order chi connectivity index (χ0) is 19.7. The quantitative estimate of drug-likeness (QED) is 0.737. The number of nitrogens with one attached hydrogen (secondary N) is 1. The molecule has 1 aliphatic heterocycles. The Morgan fingerprint density at radius 2 is 1.64 bits per heavy atom. The number of para-hydroxylation sites is 1. The summed E-state index contributed by atoms with van der Waals surface area (Å²) in [4.78, 5) is 28.0. The summed E-state index contributed by atoms with van der Waals surface area (Å²) in [7, 11) is 0. The van der Waals surface area contributed by atoms with Gasteiger partial charge in [0.05, 0.1) is 0 Å². The molecule has 1 N–H and O–H groups in total. The molecule has 0 saturated carbocycles. The normalized spacial score (nSPS) is 15.2. The molecule has 0 spiro atoms. The molecule has 1 unspecified atom stereocenters. The van der Waals surface area contributed by atoms with Crippen LogP contribution >= 0.6 is 0 Å². The van der Waals surface area contributed by atoms with E-state index in [1.165, 1.54) is 0 Å². The summed E-state index contributed by atoms with van der Waals surface area (Å²) in [6.07, 6.45) is 0.505. The van der Waals surface area contributed by atoms with Crippen molar-refractivity contribution in [1.82, 2.24) is 0 Å². The Balaban J connectivity index is 1.67. The second kappa shape index (κ2) is 7.31. The SMILES string of the molecule is Cc1ccc(NC(=O)C2Cc3ccccc3N2C(=O)c2ccccc2)c(C)c1. The first-order chi connectivity index (χ1) is 13.5. The van der Waals surface area contributed by atoms with Gasteiger partial charge < -0.3 is 5.32 Å². The largest absolute Gasteiger partial charge is 0.324 e. The van der Waals surface area contributed by atoms with E-state index in [1.807, 2.05) is 74.5 Å². The van der Waals surface area contributed by atoms with E-state index in [1.54, 1.807) is 17.0 Å². The van der Waals surface area contributed by atoms with Crippen molar-refractivity contribution in [2.45, 2.75) is 26.3 Å². The third kappa shape index (κ3) is 3.29. The number of carbonyl (C=O) groups is 2. The van der Waals surface area contributed by atoms with E-state index in [-0.39, 0.29) is 11.8 Å². The van der Waals surface area contributed by atoms with Crippen LogP contribution < -0.4 is 10.2 Å². The Bertz CT molecular complexity index is 1040. The lowest BCUT2D eigenvalue weighted by Gasteiger charge is -2.25. The minimum Gasteiger partial charge on any atom is -0.324 e. The van der Waals surface area contributed by atoms with Gasteiger partial charge in [0.1, 0.15) is 6.04 Å². The van der Waals surface area contributed by atoms with Crippen LogP contribution in [0.3, 0.4) is 0 Å². The molecule has 140 valence electrons. The summed E-state index contributed by atoms with van der Waals surface area (Å²) in [6, 6.07) is 22.2. The molecule has 0 bridgehead atoms. The highest BCUT2D eigenvalue weighted by molar-refractivity contribution is 6.13. The van der Waals surface area contributed by atoms with Gasteiger partial charge >= 0.3 is 0 Å². The number of carbonyl (C=O) groups excluding carboxylic acids is 2. The fourth-order valence-electron chi connectivity index (χ4n) is 3.74. The lowest BCUT2D eigenvalue weighted by molar-refractivity contribution is -0.117. The highest BCUT2D eigenvalue weighted by Gasteiger charge is 2.38. The van der Waals surface area contributed by atoms with Crippen LogP contribution in [0.1, 0.15) is 27.0 Å². The lowest BCUT2D eigenvalue weighted by Crippen LogP contribution is -2.45. The predicted octanol–water partition coefficient (Wildman–Crippen LogP) is 4.51.